The van der Waals surface area contributed by atoms with Crippen LogP contribution in [0, 0.1) is 6.92 Å². The number of furan rings is 1. The zero-order chi connectivity index (χ0) is 13.4. The molecule has 2 amide bonds. The van der Waals surface area contributed by atoms with E-state index in [0.29, 0.717) is 11.3 Å². The summed E-state index contributed by atoms with van der Waals surface area (Å²) in [6, 6.07) is 1.93. The second kappa shape index (κ2) is 4.72. The second-order valence-electron chi connectivity index (χ2n) is 5.35. The van der Waals surface area contributed by atoms with Crippen molar-refractivity contribution >= 4 is 11.8 Å². The lowest BCUT2D eigenvalue weighted by Gasteiger charge is -2.43. The van der Waals surface area contributed by atoms with Crippen LogP contribution in [0.1, 0.15) is 41.8 Å². The molecular weight excluding hydrogens is 244 g/mol. The number of hydrogen-bond donors (Lipinski definition) is 1. The Bertz CT molecular complexity index is 509. The molecule has 5 heteroatoms. The fourth-order valence-corrected chi connectivity index (χ4v) is 3.16. The monoisotopic (exact) mass is 262 g/mol. The molecule has 2 fully saturated rings. The Morgan fingerprint density at radius 3 is 2.95 bits per heavy atom. The van der Waals surface area contributed by atoms with Crippen molar-refractivity contribution in [2.24, 2.45) is 0 Å². The van der Waals surface area contributed by atoms with Crippen molar-refractivity contribution in [1.29, 1.82) is 0 Å². The summed E-state index contributed by atoms with van der Waals surface area (Å²) < 4.78 is 5.19. The number of rotatable bonds is 1. The molecule has 1 saturated carbocycles. The number of amides is 2. The molecule has 1 saturated heterocycles. The Kier molecular flexibility index (Phi) is 3.05. The number of aryl methyl sites for hydroxylation is 1. The van der Waals surface area contributed by atoms with E-state index in [1.54, 1.807) is 17.9 Å². The lowest BCUT2D eigenvalue weighted by Crippen LogP contribution is -2.62. The molecule has 0 radical (unpaired) electrons. The summed E-state index contributed by atoms with van der Waals surface area (Å²) >= 11 is 0. The molecule has 1 aromatic heterocycles. The van der Waals surface area contributed by atoms with Gasteiger partial charge >= 0.3 is 0 Å². The van der Waals surface area contributed by atoms with Gasteiger partial charge in [0.1, 0.15) is 12.3 Å². The Hall–Kier alpha value is -1.78. The molecule has 1 aromatic rings. The molecule has 0 aromatic carbocycles. The van der Waals surface area contributed by atoms with Crippen molar-refractivity contribution < 1.29 is 14.0 Å². The van der Waals surface area contributed by atoms with Crippen LogP contribution in [0.2, 0.25) is 0 Å². The van der Waals surface area contributed by atoms with E-state index in [1.165, 1.54) is 6.26 Å². The maximum atomic E-state index is 12.6. The third-order valence-electron chi connectivity index (χ3n) is 4.14. The molecular formula is C14H18N2O3. The molecule has 1 aliphatic carbocycles. The van der Waals surface area contributed by atoms with Crippen LogP contribution in [0.5, 0.6) is 0 Å². The van der Waals surface area contributed by atoms with E-state index in [0.717, 1.165) is 25.7 Å². The SMILES string of the molecule is Cc1occc1C(=O)N1CC(=O)N[C@H]2CCCC[C@@H]21. The Morgan fingerprint density at radius 1 is 1.42 bits per heavy atom. The molecule has 1 N–H and O–H groups in total. The topological polar surface area (TPSA) is 62.6 Å². The maximum Gasteiger partial charge on any atom is 0.258 e. The van der Waals surface area contributed by atoms with E-state index < -0.39 is 0 Å². The lowest BCUT2D eigenvalue weighted by atomic mass is 9.87. The smallest absolute Gasteiger partial charge is 0.258 e. The third kappa shape index (κ3) is 2.13. The van der Waals surface area contributed by atoms with Crippen LogP contribution >= 0.6 is 0 Å². The standard InChI is InChI=1S/C14H18N2O3/c1-9-10(6-7-19-9)14(18)16-8-13(17)15-11-4-2-3-5-12(11)16/h6-7,11-12H,2-5,8H2,1H3,(H,15,17)/t11-,12-/m0/s1. The molecule has 0 spiro atoms. The summed E-state index contributed by atoms with van der Waals surface area (Å²) in [6.45, 7) is 1.93. The summed E-state index contributed by atoms with van der Waals surface area (Å²) in [4.78, 5) is 26.0. The van der Waals surface area contributed by atoms with E-state index in [2.05, 4.69) is 5.32 Å². The van der Waals surface area contributed by atoms with Gasteiger partial charge in [-0.05, 0) is 25.8 Å². The highest BCUT2D eigenvalue weighted by Crippen LogP contribution is 2.27. The predicted molar refractivity (Wildman–Crippen MR) is 68.7 cm³/mol. The van der Waals surface area contributed by atoms with Crippen molar-refractivity contribution in [2.45, 2.75) is 44.7 Å². The third-order valence-corrected chi connectivity index (χ3v) is 4.14. The van der Waals surface area contributed by atoms with E-state index in [4.69, 9.17) is 4.42 Å². The van der Waals surface area contributed by atoms with E-state index >= 15 is 0 Å². The van der Waals surface area contributed by atoms with Gasteiger partial charge < -0.3 is 14.6 Å². The van der Waals surface area contributed by atoms with Crippen molar-refractivity contribution in [3.05, 3.63) is 23.7 Å². The molecule has 2 atom stereocenters. The van der Waals surface area contributed by atoms with Crippen LogP contribution in [0.4, 0.5) is 0 Å². The quantitative estimate of drug-likeness (QED) is 0.833. The van der Waals surface area contributed by atoms with Gasteiger partial charge in [-0.15, -0.1) is 0 Å². The number of fused-ring (bicyclic) bond motifs is 1. The first-order valence-corrected chi connectivity index (χ1v) is 6.81. The van der Waals surface area contributed by atoms with Gasteiger partial charge in [-0.2, -0.15) is 0 Å². The number of hydrogen-bond acceptors (Lipinski definition) is 3. The van der Waals surface area contributed by atoms with Crippen LogP contribution in [-0.4, -0.2) is 35.3 Å². The van der Waals surface area contributed by atoms with Gasteiger partial charge in [0, 0.05) is 6.04 Å². The summed E-state index contributed by atoms with van der Waals surface area (Å²) in [5.74, 6) is 0.471. The minimum Gasteiger partial charge on any atom is -0.469 e. The maximum absolute atomic E-state index is 12.6. The highest BCUT2D eigenvalue weighted by molar-refractivity contribution is 5.98. The van der Waals surface area contributed by atoms with Crippen LogP contribution in [0.15, 0.2) is 16.7 Å². The zero-order valence-electron chi connectivity index (χ0n) is 11.0. The highest BCUT2D eigenvalue weighted by atomic mass is 16.3. The van der Waals surface area contributed by atoms with E-state index in [9.17, 15) is 9.59 Å². The predicted octanol–water partition coefficient (Wildman–Crippen LogP) is 1.47. The fourth-order valence-electron chi connectivity index (χ4n) is 3.16. The molecule has 2 heterocycles. The Balaban J connectivity index is 1.87. The molecule has 102 valence electrons. The van der Waals surface area contributed by atoms with Gasteiger partial charge in [0.2, 0.25) is 5.91 Å². The van der Waals surface area contributed by atoms with Crippen LogP contribution in [-0.2, 0) is 4.79 Å². The minimum atomic E-state index is -0.0852. The first-order valence-electron chi connectivity index (χ1n) is 6.81. The zero-order valence-corrected chi connectivity index (χ0v) is 11.0. The van der Waals surface area contributed by atoms with Gasteiger partial charge in [0.05, 0.1) is 17.9 Å². The van der Waals surface area contributed by atoms with Crippen molar-refractivity contribution in [3.8, 4) is 0 Å². The molecule has 0 unspecified atom stereocenters. The molecule has 3 rings (SSSR count). The highest BCUT2D eigenvalue weighted by Gasteiger charge is 2.39. The largest absolute Gasteiger partial charge is 0.469 e. The summed E-state index contributed by atoms with van der Waals surface area (Å²) in [7, 11) is 0. The lowest BCUT2D eigenvalue weighted by molar-refractivity contribution is -0.127. The number of piperazine rings is 1. The fraction of sp³-hybridized carbons (Fsp3) is 0.571. The number of nitrogens with zero attached hydrogens (tertiary/aromatic N) is 1. The number of nitrogens with one attached hydrogen (secondary N) is 1. The first kappa shape index (κ1) is 12.3. The molecule has 5 nitrogen and oxygen atoms in total. The molecule has 0 bridgehead atoms. The Morgan fingerprint density at radius 2 is 2.21 bits per heavy atom. The minimum absolute atomic E-state index is 0.0577. The van der Waals surface area contributed by atoms with Crippen molar-refractivity contribution in [3.63, 3.8) is 0 Å². The normalized spacial score (nSPS) is 26.8. The number of carbonyl (C=O) groups is 2. The molecule has 1 aliphatic heterocycles. The van der Waals surface area contributed by atoms with Gasteiger partial charge in [-0.1, -0.05) is 12.8 Å². The van der Waals surface area contributed by atoms with Gasteiger partial charge in [-0.25, -0.2) is 0 Å². The molecule has 19 heavy (non-hydrogen) atoms. The summed E-state index contributed by atoms with van der Waals surface area (Å²) in [5, 5.41) is 3.01. The average molecular weight is 262 g/mol. The van der Waals surface area contributed by atoms with E-state index in [1.807, 2.05) is 0 Å². The molecule has 2 aliphatic rings. The average Bonchev–Trinajstić information content (AvgIpc) is 2.83. The van der Waals surface area contributed by atoms with Gasteiger partial charge in [-0.3, -0.25) is 9.59 Å². The van der Waals surface area contributed by atoms with Crippen molar-refractivity contribution in [2.75, 3.05) is 6.54 Å². The summed E-state index contributed by atoms with van der Waals surface area (Å²) in [5.41, 5.74) is 0.569. The van der Waals surface area contributed by atoms with Crippen molar-refractivity contribution in [1.82, 2.24) is 10.2 Å². The Labute approximate surface area is 111 Å². The second-order valence-corrected chi connectivity index (χ2v) is 5.35. The van der Waals surface area contributed by atoms with Crippen LogP contribution < -0.4 is 5.32 Å². The first-order chi connectivity index (χ1) is 9.16. The summed E-state index contributed by atoms with van der Waals surface area (Å²) in [6.07, 6.45) is 5.68. The van der Waals surface area contributed by atoms with E-state index in [-0.39, 0.29) is 30.4 Å². The van der Waals surface area contributed by atoms with Crippen LogP contribution in [0.3, 0.4) is 0 Å². The number of carbonyl (C=O) groups excluding carboxylic acids is 2. The van der Waals surface area contributed by atoms with Gasteiger partial charge in [0.25, 0.3) is 5.91 Å². The van der Waals surface area contributed by atoms with Crippen LogP contribution in [0.25, 0.3) is 0 Å². The van der Waals surface area contributed by atoms with Gasteiger partial charge in [0.15, 0.2) is 0 Å².